The Bertz CT molecular complexity index is 1230. The van der Waals surface area contributed by atoms with Crippen LogP contribution in [-0.2, 0) is 4.74 Å². The van der Waals surface area contributed by atoms with Gasteiger partial charge >= 0.3 is 6.03 Å². The Morgan fingerprint density at radius 3 is 2.10 bits per heavy atom. The van der Waals surface area contributed by atoms with Crippen LogP contribution in [0.5, 0.6) is 17.2 Å². The predicted molar refractivity (Wildman–Crippen MR) is 144 cm³/mol. The van der Waals surface area contributed by atoms with Gasteiger partial charge in [-0.1, -0.05) is 36.4 Å². The van der Waals surface area contributed by atoms with E-state index in [1.807, 2.05) is 30.3 Å². The van der Waals surface area contributed by atoms with Crippen molar-refractivity contribution in [1.29, 1.82) is 0 Å². The zero-order chi connectivity index (χ0) is 27.8. The van der Waals surface area contributed by atoms with Gasteiger partial charge < -0.3 is 29.2 Å². The third-order valence-corrected chi connectivity index (χ3v) is 6.62. The van der Waals surface area contributed by atoms with Crippen LogP contribution in [0.25, 0.3) is 0 Å². The number of amides is 2. The van der Waals surface area contributed by atoms with Crippen LogP contribution in [0.15, 0.2) is 60.7 Å². The van der Waals surface area contributed by atoms with Crippen molar-refractivity contribution < 1.29 is 32.5 Å². The van der Waals surface area contributed by atoms with Gasteiger partial charge in [-0.15, -0.1) is 0 Å². The lowest BCUT2D eigenvalue weighted by Crippen LogP contribution is -2.50. The summed E-state index contributed by atoms with van der Waals surface area (Å²) in [4.78, 5) is 16.8. The SMILES string of the molecule is COc1cc(NC(=O)N2CCN(CCOC(c3ccccc3)c3ccc(F)c(F)c3)CC2)cc(OC)c1OC. The van der Waals surface area contributed by atoms with Crippen LogP contribution < -0.4 is 19.5 Å². The summed E-state index contributed by atoms with van der Waals surface area (Å²) in [6.45, 7) is 3.45. The van der Waals surface area contributed by atoms with Crippen LogP contribution in [0.3, 0.4) is 0 Å². The van der Waals surface area contributed by atoms with E-state index < -0.39 is 17.7 Å². The maximum Gasteiger partial charge on any atom is 0.321 e. The number of hydrogen-bond acceptors (Lipinski definition) is 6. The van der Waals surface area contributed by atoms with Gasteiger partial charge in [0.2, 0.25) is 5.75 Å². The molecule has 4 rings (SSSR count). The number of benzene rings is 3. The molecule has 1 fully saturated rings. The highest BCUT2D eigenvalue weighted by Gasteiger charge is 2.23. The van der Waals surface area contributed by atoms with Crippen molar-refractivity contribution in [2.45, 2.75) is 6.10 Å². The number of nitrogens with zero attached hydrogens (tertiary/aromatic N) is 2. The second-order valence-electron chi connectivity index (χ2n) is 9.01. The number of ether oxygens (including phenoxy) is 4. The molecular formula is C29H33F2N3O5. The Hall–Kier alpha value is -3.89. The largest absolute Gasteiger partial charge is 0.493 e. The van der Waals surface area contributed by atoms with Crippen LogP contribution in [0.1, 0.15) is 17.2 Å². The second-order valence-corrected chi connectivity index (χ2v) is 9.01. The van der Waals surface area contributed by atoms with Crippen molar-refractivity contribution in [2.75, 3.05) is 66.0 Å². The van der Waals surface area contributed by atoms with E-state index in [1.54, 1.807) is 23.1 Å². The lowest BCUT2D eigenvalue weighted by atomic mass is 10.0. The van der Waals surface area contributed by atoms with E-state index in [2.05, 4.69) is 10.2 Å². The van der Waals surface area contributed by atoms with Crippen LogP contribution in [-0.4, -0.2) is 76.5 Å². The van der Waals surface area contributed by atoms with Gasteiger partial charge in [-0.25, -0.2) is 13.6 Å². The summed E-state index contributed by atoms with van der Waals surface area (Å²) in [6, 6.07) is 16.4. The zero-order valence-corrected chi connectivity index (χ0v) is 22.3. The molecule has 1 N–H and O–H groups in total. The minimum Gasteiger partial charge on any atom is -0.493 e. The molecular weight excluding hydrogens is 508 g/mol. The number of anilines is 1. The number of halogens is 2. The van der Waals surface area contributed by atoms with Crippen molar-refractivity contribution in [3.05, 3.63) is 83.4 Å². The Kier molecular flexibility index (Phi) is 9.56. The number of rotatable bonds is 10. The second kappa shape index (κ2) is 13.3. The molecule has 1 saturated heterocycles. The van der Waals surface area contributed by atoms with Gasteiger partial charge in [-0.3, -0.25) is 4.90 Å². The lowest BCUT2D eigenvalue weighted by Gasteiger charge is -2.35. The van der Waals surface area contributed by atoms with Crippen molar-refractivity contribution >= 4 is 11.7 Å². The van der Waals surface area contributed by atoms with Crippen LogP contribution in [0, 0.1) is 11.6 Å². The fraction of sp³-hybridized carbons (Fsp3) is 0.345. The predicted octanol–water partition coefficient (Wildman–Crippen LogP) is 4.95. The summed E-state index contributed by atoms with van der Waals surface area (Å²) < 4.78 is 49.6. The van der Waals surface area contributed by atoms with E-state index in [0.29, 0.717) is 67.8 Å². The maximum atomic E-state index is 13.9. The molecule has 39 heavy (non-hydrogen) atoms. The van der Waals surface area contributed by atoms with Gasteiger partial charge in [0.15, 0.2) is 23.1 Å². The smallest absolute Gasteiger partial charge is 0.321 e. The molecule has 0 saturated carbocycles. The van der Waals surface area contributed by atoms with Gasteiger partial charge in [-0.05, 0) is 23.3 Å². The Morgan fingerprint density at radius 1 is 0.846 bits per heavy atom. The third kappa shape index (κ3) is 6.96. The summed E-state index contributed by atoms with van der Waals surface area (Å²) in [5.41, 5.74) is 1.94. The fourth-order valence-corrected chi connectivity index (χ4v) is 4.52. The fourth-order valence-electron chi connectivity index (χ4n) is 4.52. The number of carbonyl (C=O) groups is 1. The molecule has 3 aromatic rings. The van der Waals surface area contributed by atoms with Crippen molar-refractivity contribution in [3.63, 3.8) is 0 Å². The summed E-state index contributed by atoms with van der Waals surface area (Å²) in [5.74, 6) is -0.438. The zero-order valence-electron chi connectivity index (χ0n) is 22.3. The molecule has 1 heterocycles. The first kappa shape index (κ1) is 28.1. The molecule has 0 bridgehead atoms. The minimum atomic E-state index is -0.905. The Morgan fingerprint density at radius 2 is 1.51 bits per heavy atom. The van der Waals surface area contributed by atoms with E-state index >= 15 is 0 Å². The molecule has 0 spiro atoms. The topological polar surface area (TPSA) is 72.5 Å². The normalized spacial score (nSPS) is 14.5. The van der Waals surface area contributed by atoms with E-state index in [9.17, 15) is 13.6 Å². The molecule has 10 heteroatoms. The van der Waals surface area contributed by atoms with E-state index in [0.717, 1.165) is 11.6 Å². The molecule has 3 aromatic carbocycles. The summed E-state index contributed by atoms with van der Waals surface area (Å²) in [5, 5.41) is 2.90. The number of piperazine rings is 1. The number of carbonyl (C=O) groups excluding carboxylic acids is 1. The highest BCUT2D eigenvalue weighted by molar-refractivity contribution is 5.90. The van der Waals surface area contributed by atoms with Gasteiger partial charge in [0.05, 0.1) is 33.6 Å². The molecule has 8 nitrogen and oxygen atoms in total. The number of methoxy groups -OCH3 is 3. The molecule has 1 atom stereocenters. The quantitative estimate of drug-likeness (QED) is 0.392. The summed E-state index contributed by atoms with van der Waals surface area (Å²) >= 11 is 0. The average Bonchev–Trinajstić information content (AvgIpc) is 2.97. The summed E-state index contributed by atoms with van der Waals surface area (Å²) in [7, 11) is 4.56. The molecule has 0 aliphatic carbocycles. The van der Waals surface area contributed by atoms with Gasteiger partial charge in [0.1, 0.15) is 6.10 Å². The van der Waals surface area contributed by atoms with Gasteiger partial charge in [0.25, 0.3) is 0 Å². The van der Waals surface area contributed by atoms with Gasteiger partial charge in [0, 0.05) is 44.9 Å². The van der Waals surface area contributed by atoms with Crippen LogP contribution in [0.4, 0.5) is 19.3 Å². The average molecular weight is 542 g/mol. The number of urea groups is 1. The van der Waals surface area contributed by atoms with Crippen molar-refractivity contribution in [1.82, 2.24) is 9.80 Å². The third-order valence-electron chi connectivity index (χ3n) is 6.62. The Labute approximate surface area is 227 Å². The highest BCUT2D eigenvalue weighted by atomic mass is 19.2. The molecule has 1 unspecified atom stereocenters. The first-order chi connectivity index (χ1) is 18.9. The maximum absolute atomic E-state index is 13.9. The van der Waals surface area contributed by atoms with E-state index in [-0.39, 0.29) is 6.03 Å². The number of hydrogen-bond donors (Lipinski definition) is 1. The Balaban J connectivity index is 1.30. The molecule has 1 aliphatic rings. The molecule has 0 radical (unpaired) electrons. The molecule has 2 amide bonds. The number of nitrogens with one attached hydrogen (secondary N) is 1. The monoisotopic (exact) mass is 541 g/mol. The first-order valence-corrected chi connectivity index (χ1v) is 12.6. The minimum absolute atomic E-state index is 0.220. The molecule has 0 aromatic heterocycles. The summed E-state index contributed by atoms with van der Waals surface area (Å²) in [6.07, 6.45) is -0.521. The van der Waals surface area contributed by atoms with Crippen molar-refractivity contribution in [2.24, 2.45) is 0 Å². The highest BCUT2D eigenvalue weighted by Crippen LogP contribution is 2.40. The van der Waals surface area contributed by atoms with Crippen LogP contribution in [0.2, 0.25) is 0 Å². The molecule has 1 aliphatic heterocycles. The first-order valence-electron chi connectivity index (χ1n) is 12.6. The molecule has 208 valence electrons. The lowest BCUT2D eigenvalue weighted by molar-refractivity contribution is 0.0496. The van der Waals surface area contributed by atoms with Crippen LogP contribution >= 0.6 is 0 Å². The van der Waals surface area contributed by atoms with E-state index in [4.69, 9.17) is 18.9 Å². The van der Waals surface area contributed by atoms with Crippen molar-refractivity contribution in [3.8, 4) is 17.2 Å². The standard InChI is InChI=1S/C29H33F2N3O5/c1-36-25-18-22(19-26(37-2)28(25)38-3)32-29(35)34-13-11-33(12-14-34)15-16-39-27(20-7-5-4-6-8-20)21-9-10-23(30)24(31)17-21/h4-10,17-19,27H,11-16H2,1-3H3,(H,32,35). The van der Waals surface area contributed by atoms with E-state index in [1.165, 1.54) is 27.4 Å². The van der Waals surface area contributed by atoms with Gasteiger partial charge in [-0.2, -0.15) is 0 Å².